The molecule has 2 aromatic heterocycles. The SMILES string of the molecule is Cc1nn(Cc2ccc(C(=O)Nc3ccn(Cc4cccc(F)c4)n3)cc2)c(C)c1Br. The summed E-state index contributed by atoms with van der Waals surface area (Å²) in [4.78, 5) is 12.6. The van der Waals surface area contributed by atoms with E-state index in [0.717, 1.165) is 27.0 Å². The zero-order valence-electron chi connectivity index (χ0n) is 17.1. The number of hydrogen-bond donors (Lipinski definition) is 1. The highest BCUT2D eigenvalue weighted by Gasteiger charge is 2.11. The zero-order valence-corrected chi connectivity index (χ0v) is 18.7. The first kappa shape index (κ1) is 21.0. The molecule has 158 valence electrons. The lowest BCUT2D eigenvalue weighted by Crippen LogP contribution is -2.13. The summed E-state index contributed by atoms with van der Waals surface area (Å²) in [6.07, 6.45) is 1.75. The third-order valence-electron chi connectivity index (χ3n) is 4.96. The van der Waals surface area contributed by atoms with Gasteiger partial charge in [-0.25, -0.2) is 4.39 Å². The minimum Gasteiger partial charge on any atom is -0.305 e. The fraction of sp³-hybridized carbons (Fsp3) is 0.174. The molecule has 0 atom stereocenters. The molecule has 31 heavy (non-hydrogen) atoms. The molecule has 0 radical (unpaired) electrons. The van der Waals surface area contributed by atoms with Crippen LogP contribution in [0.5, 0.6) is 0 Å². The van der Waals surface area contributed by atoms with E-state index in [4.69, 9.17) is 0 Å². The number of carbonyl (C=O) groups excluding carboxylic acids is 1. The maximum Gasteiger partial charge on any atom is 0.256 e. The summed E-state index contributed by atoms with van der Waals surface area (Å²) in [5, 5.41) is 11.7. The molecule has 0 aliphatic rings. The van der Waals surface area contributed by atoms with Crippen molar-refractivity contribution in [2.75, 3.05) is 5.32 Å². The fourth-order valence-corrected chi connectivity index (χ4v) is 3.57. The molecule has 0 aliphatic heterocycles. The number of anilines is 1. The van der Waals surface area contributed by atoms with Crippen molar-refractivity contribution >= 4 is 27.7 Å². The summed E-state index contributed by atoms with van der Waals surface area (Å²) in [5.41, 5.74) is 4.40. The summed E-state index contributed by atoms with van der Waals surface area (Å²) >= 11 is 3.54. The number of nitrogens with one attached hydrogen (secondary N) is 1. The van der Waals surface area contributed by atoms with E-state index in [-0.39, 0.29) is 11.7 Å². The van der Waals surface area contributed by atoms with Crippen LogP contribution >= 0.6 is 15.9 Å². The minimum absolute atomic E-state index is 0.239. The van der Waals surface area contributed by atoms with E-state index in [1.165, 1.54) is 12.1 Å². The molecule has 8 heteroatoms. The minimum atomic E-state index is -0.285. The lowest BCUT2D eigenvalue weighted by atomic mass is 10.1. The van der Waals surface area contributed by atoms with E-state index in [2.05, 4.69) is 31.4 Å². The Kier molecular flexibility index (Phi) is 5.99. The summed E-state index contributed by atoms with van der Waals surface area (Å²) in [6.45, 7) is 5.02. The maximum atomic E-state index is 13.3. The summed E-state index contributed by atoms with van der Waals surface area (Å²) < 4.78 is 17.9. The number of rotatable bonds is 6. The fourth-order valence-electron chi connectivity index (χ4n) is 3.29. The van der Waals surface area contributed by atoms with Gasteiger partial charge in [0.2, 0.25) is 0 Å². The highest BCUT2D eigenvalue weighted by Crippen LogP contribution is 2.21. The molecule has 4 aromatic rings. The van der Waals surface area contributed by atoms with E-state index >= 15 is 0 Å². The standard InChI is InChI=1S/C23H21BrFN5O/c1-15-22(24)16(2)30(27-15)14-17-6-8-19(9-7-17)23(31)26-21-10-11-29(28-21)13-18-4-3-5-20(25)12-18/h3-12H,13-14H2,1-2H3,(H,26,28,31). The van der Waals surface area contributed by atoms with Crippen molar-refractivity contribution in [3.63, 3.8) is 0 Å². The number of carbonyl (C=O) groups is 1. The van der Waals surface area contributed by atoms with Crippen LogP contribution in [0.2, 0.25) is 0 Å². The van der Waals surface area contributed by atoms with Gasteiger partial charge in [-0.15, -0.1) is 0 Å². The van der Waals surface area contributed by atoms with Crippen molar-refractivity contribution in [1.82, 2.24) is 19.6 Å². The van der Waals surface area contributed by atoms with Crippen LogP contribution in [-0.2, 0) is 13.1 Å². The average Bonchev–Trinajstić information content (AvgIpc) is 3.28. The average molecular weight is 482 g/mol. The van der Waals surface area contributed by atoms with Crippen LogP contribution in [0.1, 0.15) is 32.9 Å². The number of nitrogens with zero attached hydrogens (tertiary/aromatic N) is 4. The van der Waals surface area contributed by atoms with Crippen molar-refractivity contribution in [2.24, 2.45) is 0 Å². The molecule has 1 N–H and O–H groups in total. The van der Waals surface area contributed by atoms with Gasteiger partial charge in [0.05, 0.1) is 29.0 Å². The van der Waals surface area contributed by atoms with Gasteiger partial charge in [-0.3, -0.25) is 14.2 Å². The highest BCUT2D eigenvalue weighted by atomic mass is 79.9. The van der Waals surface area contributed by atoms with Gasteiger partial charge in [0.15, 0.2) is 5.82 Å². The number of hydrogen-bond acceptors (Lipinski definition) is 3. The van der Waals surface area contributed by atoms with Gasteiger partial charge < -0.3 is 5.32 Å². The Morgan fingerprint density at radius 1 is 1.03 bits per heavy atom. The van der Waals surface area contributed by atoms with Crippen LogP contribution < -0.4 is 5.32 Å². The van der Waals surface area contributed by atoms with E-state index in [1.54, 1.807) is 35.1 Å². The second-order valence-corrected chi connectivity index (χ2v) is 8.11. The monoisotopic (exact) mass is 481 g/mol. The van der Waals surface area contributed by atoms with Crippen LogP contribution in [0, 0.1) is 19.7 Å². The number of aromatic nitrogens is 4. The molecule has 0 unspecified atom stereocenters. The second-order valence-electron chi connectivity index (χ2n) is 7.32. The molecular formula is C23H21BrFN5O. The lowest BCUT2D eigenvalue weighted by molar-refractivity contribution is 0.102. The Morgan fingerprint density at radius 2 is 1.81 bits per heavy atom. The van der Waals surface area contributed by atoms with Crippen LogP contribution in [0.3, 0.4) is 0 Å². The number of halogens is 2. The molecule has 6 nitrogen and oxygen atoms in total. The second kappa shape index (κ2) is 8.85. The largest absolute Gasteiger partial charge is 0.305 e. The zero-order chi connectivity index (χ0) is 22.0. The third-order valence-corrected chi connectivity index (χ3v) is 6.11. The first-order valence-corrected chi connectivity index (χ1v) is 10.6. The van der Waals surface area contributed by atoms with Gasteiger partial charge in [-0.1, -0.05) is 24.3 Å². The van der Waals surface area contributed by atoms with Crippen molar-refractivity contribution in [1.29, 1.82) is 0 Å². The topological polar surface area (TPSA) is 64.7 Å². The maximum absolute atomic E-state index is 13.3. The van der Waals surface area contributed by atoms with Gasteiger partial charge in [-0.05, 0) is 65.2 Å². The van der Waals surface area contributed by atoms with Crippen molar-refractivity contribution in [3.05, 3.63) is 99.2 Å². The van der Waals surface area contributed by atoms with Crippen LogP contribution in [0.15, 0.2) is 65.3 Å². The molecule has 1 amide bonds. The summed E-state index contributed by atoms with van der Waals surface area (Å²) in [5.74, 6) is -0.0819. The molecule has 4 rings (SSSR count). The lowest BCUT2D eigenvalue weighted by Gasteiger charge is -2.07. The Labute approximate surface area is 187 Å². The summed E-state index contributed by atoms with van der Waals surface area (Å²) in [6, 6.07) is 15.5. The Balaban J connectivity index is 1.38. The van der Waals surface area contributed by atoms with Crippen molar-refractivity contribution < 1.29 is 9.18 Å². The van der Waals surface area contributed by atoms with Gasteiger partial charge in [0, 0.05) is 17.8 Å². The van der Waals surface area contributed by atoms with Crippen molar-refractivity contribution in [2.45, 2.75) is 26.9 Å². The Hall–Kier alpha value is -3.26. The Morgan fingerprint density at radius 3 is 2.48 bits per heavy atom. The summed E-state index contributed by atoms with van der Waals surface area (Å²) in [7, 11) is 0. The van der Waals surface area contributed by atoms with E-state index < -0.39 is 0 Å². The van der Waals surface area contributed by atoms with Gasteiger partial charge in [0.1, 0.15) is 5.82 Å². The third kappa shape index (κ3) is 4.91. The molecule has 2 aromatic carbocycles. The molecule has 0 aliphatic carbocycles. The van der Waals surface area contributed by atoms with Gasteiger partial charge in [-0.2, -0.15) is 10.2 Å². The predicted octanol–water partition coefficient (Wildman–Crippen LogP) is 4.95. The number of amides is 1. The Bertz CT molecular complexity index is 1230. The number of benzene rings is 2. The molecular weight excluding hydrogens is 461 g/mol. The molecule has 0 spiro atoms. The van der Waals surface area contributed by atoms with Crippen LogP contribution in [-0.4, -0.2) is 25.5 Å². The normalized spacial score (nSPS) is 11.0. The molecule has 0 bridgehead atoms. The van der Waals surface area contributed by atoms with Crippen molar-refractivity contribution in [3.8, 4) is 0 Å². The predicted molar refractivity (Wildman–Crippen MR) is 121 cm³/mol. The highest BCUT2D eigenvalue weighted by molar-refractivity contribution is 9.10. The molecule has 2 heterocycles. The molecule has 0 saturated heterocycles. The first-order chi connectivity index (χ1) is 14.9. The molecule has 0 fully saturated rings. The van der Waals surface area contributed by atoms with Gasteiger partial charge >= 0.3 is 0 Å². The van der Waals surface area contributed by atoms with Gasteiger partial charge in [0.25, 0.3) is 5.91 Å². The van der Waals surface area contributed by atoms with Crippen LogP contribution in [0.25, 0.3) is 0 Å². The van der Waals surface area contributed by atoms with E-state index in [0.29, 0.717) is 24.5 Å². The number of aryl methyl sites for hydroxylation is 1. The quantitative estimate of drug-likeness (QED) is 0.423. The smallest absolute Gasteiger partial charge is 0.256 e. The van der Waals surface area contributed by atoms with Crippen LogP contribution in [0.4, 0.5) is 10.2 Å². The first-order valence-electron chi connectivity index (χ1n) is 9.77. The molecule has 0 saturated carbocycles. The van der Waals surface area contributed by atoms with E-state index in [9.17, 15) is 9.18 Å². The van der Waals surface area contributed by atoms with E-state index in [1.807, 2.05) is 36.7 Å².